The SMILES string of the molecule is O=S(=O)(O)c1ccc(CCc2ccc3c(c2)OCO3)cc1. The lowest BCUT2D eigenvalue weighted by atomic mass is 10.0. The molecule has 0 aromatic heterocycles. The van der Waals surface area contributed by atoms with Gasteiger partial charge < -0.3 is 9.47 Å². The van der Waals surface area contributed by atoms with Crippen LogP contribution in [0.15, 0.2) is 47.4 Å². The van der Waals surface area contributed by atoms with Gasteiger partial charge in [-0.2, -0.15) is 8.42 Å². The predicted octanol–water partition coefficient (Wildman–Crippen LogP) is 2.45. The maximum Gasteiger partial charge on any atom is 0.294 e. The second-order valence-corrected chi connectivity index (χ2v) is 6.23. The topological polar surface area (TPSA) is 72.8 Å². The number of benzene rings is 2. The summed E-state index contributed by atoms with van der Waals surface area (Å²) in [6.45, 7) is 0.260. The number of ether oxygens (including phenoxy) is 2. The highest BCUT2D eigenvalue weighted by Gasteiger charge is 2.13. The third kappa shape index (κ3) is 3.17. The normalized spacial score (nSPS) is 13.4. The van der Waals surface area contributed by atoms with Gasteiger partial charge in [0.25, 0.3) is 10.1 Å². The molecule has 0 radical (unpaired) electrons. The Balaban J connectivity index is 1.68. The van der Waals surface area contributed by atoms with Crippen molar-refractivity contribution in [1.29, 1.82) is 0 Å². The monoisotopic (exact) mass is 306 g/mol. The summed E-state index contributed by atoms with van der Waals surface area (Å²) in [6.07, 6.45) is 1.58. The minimum absolute atomic E-state index is 0.0886. The number of hydrogen-bond acceptors (Lipinski definition) is 4. The molecule has 0 saturated carbocycles. The van der Waals surface area contributed by atoms with E-state index in [2.05, 4.69) is 0 Å². The second-order valence-electron chi connectivity index (χ2n) is 4.81. The Bertz CT molecular complexity index is 750. The summed E-state index contributed by atoms with van der Waals surface area (Å²) in [5.74, 6) is 1.52. The molecule has 0 aliphatic carbocycles. The quantitative estimate of drug-likeness (QED) is 0.878. The summed E-state index contributed by atoms with van der Waals surface area (Å²) < 4.78 is 41.4. The first-order valence-corrected chi connectivity index (χ1v) is 7.91. The van der Waals surface area contributed by atoms with Crippen molar-refractivity contribution < 1.29 is 22.4 Å². The van der Waals surface area contributed by atoms with Crippen LogP contribution in [-0.4, -0.2) is 19.8 Å². The highest BCUT2D eigenvalue weighted by atomic mass is 32.2. The van der Waals surface area contributed by atoms with Crippen molar-refractivity contribution in [2.45, 2.75) is 17.7 Å². The van der Waals surface area contributed by atoms with E-state index < -0.39 is 10.1 Å². The molecule has 0 unspecified atom stereocenters. The zero-order chi connectivity index (χ0) is 14.9. The van der Waals surface area contributed by atoms with Gasteiger partial charge in [0.15, 0.2) is 11.5 Å². The van der Waals surface area contributed by atoms with Crippen LogP contribution in [0.25, 0.3) is 0 Å². The minimum Gasteiger partial charge on any atom is -0.454 e. The third-order valence-electron chi connectivity index (χ3n) is 3.36. The van der Waals surface area contributed by atoms with Crippen LogP contribution < -0.4 is 9.47 Å². The van der Waals surface area contributed by atoms with Gasteiger partial charge in [-0.3, -0.25) is 4.55 Å². The van der Waals surface area contributed by atoms with Crippen LogP contribution in [0.2, 0.25) is 0 Å². The van der Waals surface area contributed by atoms with Crippen LogP contribution in [0.4, 0.5) is 0 Å². The van der Waals surface area contributed by atoms with E-state index in [-0.39, 0.29) is 11.7 Å². The van der Waals surface area contributed by atoms with Crippen LogP contribution in [0.3, 0.4) is 0 Å². The highest BCUT2D eigenvalue weighted by molar-refractivity contribution is 7.85. The Morgan fingerprint density at radius 1 is 0.905 bits per heavy atom. The van der Waals surface area contributed by atoms with E-state index in [0.29, 0.717) is 0 Å². The van der Waals surface area contributed by atoms with Crippen molar-refractivity contribution in [2.24, 2.45) is 0 Å². The van der Waals surface area contributed by atoms with E-state index >= 15 is 0 Å². The maximum atomic E-state index is 11.0. The van der Waals surface area contributed by atoms with Gasteiger partial charge >= 0.3 is 0 Å². The Labute approximate surface area is 122 Å². The van der Waals surface area contributed by atoms with Gasteiger partial charge in [-0.1, -0.05) is 18.2 Å². The molecule has 6 heteroatoms. The molecule has 5 nitrogen and oxygen atoms in total. The van der Waals surface area contributed by atoms with Gasteiger partial charge in [-0.25, -0.2) is 0 Å². The molecule has 2 aromatic carbocycles. The fourth-order valence-corrected chi connectivity index (χ4v) is 2.69. The molecule has 1 N–H and O–H groups in total. The van der Waals surface area contributed by atoms with Crippen molar-refractivity contribution in [3.8, 4) is 11.5 Å². The Kier molecular flexibility index (Phi) is 3.57. The summed E-state index contributed by atoms with van der Waals surface area (Å²) in [4.78, 5) is -0.0886. The lowest BCUT2D eigenvalue weighted by molar-refractivity contribution is 0.174. The summed E-state index contributed by atoms with van der Waals surface area (Å²) in [6, 6.07) is 12.1. The van der Waals surface area contributed by atoms with Gasteiger partial charge in [0.1, 0.15) is 0 Å². The molecule has 3 rings (SSSR count). The smallest absolute Gasteiger partial charge is 0.294 e. The molecule has 0 saturated heterocycles. The van der Waals surface area contributed by atoms with Crippen molar-refractivity contribution in [3.63, 3.8) is 0 Å². The molecule has 110 valence electrons. The first-order chi connectivity index (χ1) is 10.0. The van der Waals surface area contributed by atoms with Gasteiger partial charge in [-0.15, -0.1) is 0 Å². The van der Waals surface area contributed by atoms with Crippen LogP contribution in [0.1, 0.15) is 11.1 Å². The average molecular weight is 306 g/mol. The van der Waals surface area contributed by atoms with Crippen molar-refractivity contribution in [3.05, 3.63) is 53.6 Å². The number of aryl methyl sites for hydroxylation is 2. The zero-order valence-corrected chi connectivity index (χ0v) is 12.0. The second kappa shape index (κ2) is 5.38. The molecule has 1 aliphatic heterocycles. The van der Waals surface area contributed by atoms with Crippen LogP contribution in [-0.2, 0) is 23.0 Å². The third-order valence-corrected chi connectivity index (χ3v) is 4.23. The lowest BCUT2D eigenvalue weighted by Gasteiger charge is -2.04. The van der Waals surface area contributed by atoms with E-state index in [9.17, 15) is 8.42 Å². The highest BCUT2D eigenvalue weighted by Crippen LogP contribution is 2.32. The van der Waals surface area contributed by atoms with Crippen LogP contribution >= 0.6 is 0 Å². The molecule has 1 aliphatic rings. The molecular formula is C15H14O5S. The van der Waals surface area contributed by atoms with E-state index in [1.807, 2.05) is 18.2 Å². The Morgan fingerprint density at radius 3 is 2.24 bits per heavy atom. The molecule has 0 amide bonds. The summed E-state index contributed by atoms with van der Waals surface area (Å²) in [5, 5.41) is 0. The van der Waals surface area contributed by atoms with E-state index in [1.165, 1.54) is 12.1 Å². The molecule has 21 heavy (non-hydrogen) atoms. The molecule has 0 fully saturated rings. The van der Waals surface area contributed by atoms with Crippen molar-refractivity contribution in [2.75, 3.05) is 6.79 Å². The fraction of sp³-hybridized carbons (Fsp3) is 0.200. The molecule has 0 atom stereocenters. The molecule has 0 spiro atoms. The summed E-state index contributed by atoms with van der Waals surface area (Å²) in [5.41, 5.74) is 2.12. The van der Waals surface area contributed by atoms with Crippen molar-refractivity contribution >= 4 is 10.1 Å². The molecule has 0 bridgehead atoms. The summed E-state index contributed by atoms with van der Waals surface area (Å²) in [7, 11) is -4.12. The average Bonchev–Trinajstić information content (AvgIpc) is 2.92. The minimum atomic E-state index is -4.12. The van der Waals surface area contributed by atoms with E-state index in [1.54, 1.807) is 12.1 Å². The summed E-state index contributed by atoms with van der Waals surface area (Å²) >= 11 is 0. The lowest BCUT2D eigenvalue weighted by Crippen LogP contribution is -1.98. The van der Waals surface area contributed by atoms with E-state index in [4.69, 9.17) is 14.0 Å². The zero-order valence-electron chi connectivity index (χ0n) is 11.2. The number of hydrogen-bond donors (Lipinski definition) is 1. The molecular weight excluding hydrogens is 292 g/mol. The standard InChI is InChI=1S/C15H14O5S/c16-21(17,18)13-6-3-11(4-7-13)1-2-12-5-8-14-15(9-12)20-10-19-14/h3-9H,1-2,10H2,(H,16,17,18). The number of rotatable bonds is 4. The first kappa shape index (κ1) is 13.9. The van der Waals surface area contributed by atoms with Gasteiger partial charge in [0, 0.05) is 0 Å². The van der Waals surface area contributed by atoms with Crippen molar-refractivity contribution in [1.82, 2.24) is 0 Å². The maximum absolute atomic E-state index is 11.0. The Hall–Kier alpha value is -2.05. The van der Waals surface area contributed by atoms with E-state index in [0.717, 1.165) is 35.5 Å². The Morgan fingerprint density at radius 2 is 1.52 bits per heavy atom. The predicted molar refractivity (Wildman–Crippen MR) is 76.2 cm³/mol. The number of fused-ring (bicyclic) bond motifs is 1. The largest absolute Gasteiger partial charge is 0.454 e. The van der Waals surface area contributed by atoms with Gasteiger partial charge in [0.2, 0.25) is 6.79 Å². The van der Waals surface area contributed by atoms with Gasteiger partial charge in [0.05, 0.1) is 4.90 Å². The van der Waals surface area contributed by atoms with Gasteiger partial charge in [-0.05, 0) is 48.2 Å². The first-order valence-electron chi connectivity index (χ1n) is 6.47. The van der Waals surface area contributed by atoms with Crippen LogP contribution in [0.5, 0.6) is 11.5 Å². The fourth-order valence-electron chi connectivity index (χ4n) is 2.21. The molecule has 2 aromatic rings. The van der Waals surface area contributed by atoms with Crippen LogP contribution in [0, 0.1) is 0 Å². The molecule has 1 heterocycles.